The summed E-state index contributed by atoms with van der Waals surface area (Å²) in [7, 11) is 0. The van der Waals surface area contributed by atoms with Crippen LogP contribution in [0.25, 0.3) is 0 Å². The number of amides is 1. The fourth-order valence-corrected chi connectivity index (χ4v) is 3.47. The molecule has 3 rings (SSSR count). The van der Waals surface area contributed by atoms with Crippen LogP contribution in [-0.4, -0.2) is 28.8 Å². The van der Waals surface area contributed by atoms with Crippen LogP contribution in [0.2, 0.25) is 0 Å². The molecule has 0 aliphatic rings. The van der Waals surface area contributed by atoms with Crippen LogP contribution in [0, 0.1) is 13.8 Å². The van der Waals surface area contributed by atoms with Gasteiger partial charge in [0.1, 0.15) is 0 Å². The van der Waals surface area contributed by atoms with E-state index in [0.717, 1.165) is 35.6 Å². The number of benzene rings is 2. The molecular weight excluding hydrogens is 360 g/mol. The molecule has 0 aliphatic heterocycles. The topological polar surface area (TPSA) is 50.2 Å². The van der Waals surface area contributed by atoms with Crippen LogP contribution < -0.4 is 10.2 Å². The van der Waals surface area contributed by atoms with Crippen LogP contribution in [0.1, 0.15) is 46.7 Å². The predicted octanol–water partition coefficient (Wildman–Crippen LogP) is 4.32. The number of hydrogen-bond donors (Lipinski definition) is 1. The van der Waals surface area contributed by atoms with Gasteiger partial charge in [0, 0.05) is 36.6 Å². The van der Waals surface area contributed by atoms with Crippen molar-refractivity contribution in [2.24, 2.45) is 0 Å². The Bertz CT molecular complexity index is 938. The number of hydrogen-bond acceptors (Lipinski definition) is 3. The Morgan fingerprint density at radius 3 is 2.14 bits per heavy atom. The molecule has 0 fully saturated rings. The average Bonchev–Trinajstić information content (AvgIpc) is 3.05. The Balaban J connectivity index is 1.56. The zero-order valence-electron chi connectivity index (χ0n) is 17.8. The van der Waals surface area contributed by atoms with E-state index < -0.39 is 0 Å². The molecular formula is C24H30N4O. The molecule has 1 aromatic heterocycles. The third-order valence-corrected chi connectivity index (χ3v) is 5.17. The number of aromatic nitrogens is 2. The highest BCUT2D eigenvalue weighted by Gasteiger charge is 2.07. The van der Waals surface area contributed by atoms with Gasteiger partial charge in [-0.2, -0.15) is 5.10 Å². The van der Waals surface area contributed by atoms with E-state index in [1.54, 1.807) is 0 Å². The second-order valence-electron chi connectivity index (χ2n) is 7.30. The van der Waals surface area contributed by atoms with Crippen molar-refractivity contribution < 1.29 is 4.79 Å². The third kappa shape index (κ3) is 5.25. The second-order valence-corrected chi connectivity index (χ2v) is 7.30. The summed E-state index contributed by atoms with van der Waals surface area (Å²) in [5, 5.41) is 7.49. The number of carbonyl (C=O) groups is 1. The minimum atomic E-state index is -0.0597. The van der Waals surface area contributed by atoms with Crippen LogP contribution in [0.5, 0.6) is 0 Å². The lowest BCUT2D eigenvalue weighted by Gasteiger charge is -2.21. The van der Waals surface area contributed by atoms with Crippen LogP contribution in [0.3, 0.4) is 0 Å². The molecule has 0 unspecified atom stereocenters. The van der Waals surface area contributed by atoms with Crippen molar-refractivity contribution in [1.29, 1.82) is 0 Å². The zero-order chi connectivity index (χ0) is 20.8. The van der Waals surface area contributed by atoms with Gasteiger partial charge in [-0.05, 0) is 69.2 Å². The Labute approximate surface area is 173 Å². The summed E-state index contributed by atoms with van der Waals surface area (Å²) in [4.78, 5) is 14.8. The first kappa shape index (κ1) is 20.6. The minimum absolute atomic E-state index is 0.0597. The molecule has 0 saturated carbocycles. The predicted molar refractivity (Wildman–Crippen MR) is 118 cm³/mol. The summed E-state index contributed by atoms with van der Waals surface area (Å²) in [6.45, 7) is 11.6. The quantitative estimate of drug-likeness (QED) is 0.623. The van der Waals surface area contributed by atoms with Gasteiger partial charge in [0.25, 0.3) is 5.91 Å². The monoisotopic (exact) mass is 390 g/mol. The van der Waals surface area contributed by atoms with Crippen molar-refractivity contribution in [2.45, 2.75) is 40.8 Å². The highest BCUT2D eigenvalue weighted by molar-refractivity contribution is 5.94. The third-order valence-electron chi connectivity index (χ3n) is 5.17. The van der Waals surface area contributed by atoms with Gasteiger partial charge < -0.3 is 10.2 Å². The molecule has 2 aromatic carbocycles. The fourth-order valence-electron chi connectivity index (χ4n) is 3.47. The van der Waals surface area contributed by atoms with Crippen molar-refractivity contribution >= 4 is 11.6 Å². The van der Waals surface area contributed by atoms with Gasteiger partial charge in [0.2, 0.25) is 0 Å². The first-order valence-corrected chi connectivity index (χ1v) is 10.2. The van der Waals surface area contributed by atoms with E-state index in [9.17, 15) is 4.79 Å². The van der Waals surface area contributed by atoms with E-state index in [-0.39, 0.29) is 5.91 Å². The summed E-state index contributed by atoms with van der Waals surface area (Å²) in [5.74, 6) is -0.0597. The lowest BCUT2D eigenvalue weighted by Crippen LogP contribution is -2.23. The maximum atomic E-state index is 12.5. The maximum Gasteiger partial charge on any atom is 0.251 e. The summed E-state index contributed by atoms with van der Waals surface area (Å²) in [6, 6.07) is 18.2. The molecule has 3 aromatic rings. The standard InChI is InChI=1S/C24H30N4O/c1-5-27(6-2)23-13-9-20(10-14-23)16-25-24(29)22-11-7-21(8-12-22)17-28-19(4)15-18(3)26-28/h7-15H,5-6,16-17H2,1-4H3,(H,25,29). The van der Waals surface area contributed by atoms with Gasteiger partial charge >= 0.3 is 0 Å². The molecule has 0 saturated heterocycles. The molecule has 29 heavy (non-hydrogen) atoms. The normalized spacial score (nSPS) is 10.8. The van der Waals surface area contributed by atoms with E-state index in [1.165, 1.54) is 5.69 Å². The molecule has 0 spiro atoms. The number of carbonyl (C=O) groups excluding carboxylic acids is 1. The first-order chi connectivity index (χ1) is 14.0. The number of nitrogens with zero attached hydrogens (tertiary/aromatic N) is 3. The van der Waals surface area contributed by atoms with Crippen molar-refractivity contribution in [3.8, 4) is 0 Å². The van der Waals surface area contributed by atoms with Crippen LogP contribution in [0.4, 0.5) is 5.69 Å². The minimum Gasteiger partial charge on any atom is -0.372 e. The average molecular weight is 391 g/mol. The van der Waals surface area contributed by atoms with Gasteiger partial charge in [-0.1, -0.05) is 24.3 Å². The zero-order valence-corrected chi connectivity index (χ0v) is 17.8. The molecule has 5 heteroatoms. The van der Waals surface area contributed by atoms with Crippen LogP contribution in [0.15, 0.2) is 54.6 Å². The van der Waals surface area contributed by atoms with Gasteiger partial charge in [0.05, 0.1) is 12.2 Å². The largest absolute Gasteiger partial charge is 0.372 e. The molecule has 0 radical (unpaired) electrons. The molecule has 152 valence electrons. The summed E-state index contributed by atoms with van der Waals surface area (Å²) >= 11 is 0. The second kappa shape index (κ2) is 9.41. The Morgan fingerprint density at radius 2 is 1.59 bits per heavy atom. The number of rotatable bonds is 8. The molecule has 5 nitrogen and oxygen atoms in total. The van der Waals surface area contributed by atoms with Crippen LogP contribution in [-0.2, 0) is 13.1 Å². The summed E-state index contributed by atoms with van der Waals surface area (Å²) in [6.07, 6.45) is 0. The highest BCUT2D eigenvalue weighted by atomic mass is 16.1. The van der Waals surface area contributed by atoms with Gasteiger partial charge in [0.15, 0.2) is 0 Å². The molecule has 0 bridgehead atoms. The van der Waals surface area contributed by atoms with E-state index in [2.05, 4.69) is 66.4 Å². The highest BCUT2D eigenvalue weighted by Crippen LogP contribution is 2.15. The summed E-state index contributed by atoms with van der Waals surface area (Å²) < 4.78 is 1.98. The fraction of sp³-hybridized carbons (Fsp3) is 0.333. The van der Waals surface area contributed by atoms with Gasteiger partial charge in [-0.3, -0.25) is 9.48 Å². The Kier molecular flexibility index (Phi) is 6.70. The summed E-state index contributed by atoms with van der Waals surface area (Å²) in [5.41, 5.74) is 6.25. The molecule has 1 heterocycles. The van der Waals surface area contributed by atoms with Crippen molar-refractivity contribution in [3.63, 3.8) is 0 Å². The molecule has 1 amide bonds. The van der Waals surface area contributed by atoms with E-state index in [0.29, 0.717) is 18.7 Å². The smallest absolute Gasteiger partial charge is 0.251 e. The van der Waals surface area contributed by atoms with E-state index in [1.807, 2.05) is 35.9 Å². The van der Waals surface area contributed by atoms with E-state index >= 15 is 0 Å². The maximum absolute atomic E-state index is 12.5. The number of aryl methyl sites for hydroxylation is 2. The molecule has 0 atom stereocenters. The lowest BCUT2D eigenvalue weighted by molar-refractivity contribution is 0.0951. The number of anilines is 1. The van der Waals surface area contributed by atoms with Crippen molar-refractivity contribution in [1.82, 2.24) is 15.1 Å². The van der Waals surface area contributed by atoms with Crippen LogP contribution >= 0.6 is 0 Å². The molecule has 1 N–H and O–H groups in total. The SMILES string of the molecule is CCN(CC)c1ccc(CNC(=O)c2ccc(Cn3nc(C)cc3C)cc2)cc1. The van der Waals surface area contributed by atoms with Crippen molar-refractivity contribution in [3.05, 3.63) is 82.7 Å². The van der Waals surface area contributed by atoms with Crippen molar-refractivity contribution in [2.75, 3.05) is 18.0 Å². The Morgan fingerprint density at radius 1 is 0.966 bits per heavy atom. The number of nitrogens with one attached hydrogen (secondary N) is 1. The Hall–Kier alpha value is -3.08. The van der Waals surface area contributed by atoms with Gasteiger partial charge in [-0.15, -0.1) is 0 Å². The molecule has 0 aliphatic carbocycles. The first-order valence-electron chi connectivity index (χ1n) is 10.2. The lowest BCUT2D eigenvalue weighted by atomic mass is 10.1. The van der Waals surface area contributed by atoms with Gasteiger partial charge in [-0.25, -0.2) is 0 Å². The van der Waals surface area contributed by atoms with E-state index in [4.69, 9.17) is 0 Å².